The molecule has 5 N–H and O–H groups in total. The molecule has 3 rings (SSSR count). The van der Waals surface area contributed by atoms with E-state index in [-0.39, 0.29) is 28.2 Å². The van der Waals surface area contributed by atoms with Crippen molar-refractivity contribution < 1.29 is 15.7 Å². The minimum Gasteiger partial charge on any atom is -0.508 e. The van der Waals surface area contributed by atoms with Gasteiger partial charge in [-0.3, -0.25) is 13.9 Å². The maximum Gasteiger partial charge on any atom is 0.332 e. The number of nitrogens with zero attached hydrogens (tertiary/aromatic N) is 3. The van der Waals surface area contributed by atoms with Gasteiger partial charge in [0.15, 0.2) is 5.65 Å². The molecule has 9 nitrogen and oxygen atoms in total. The van der Waals surface area contributed by atoms with Gasteiger partial charge in [0.2, 0.25) is 0 Å². The number of fused-ring (bicyclic) bond motifs is 1. The van der Waals surface area contributed by atoms with Gasteiger partial charge in [-0.25, -0.2) is 9.78 Å². The molecule has 0 aliphatic rings. The van der Waals surface area contributed by atoms with E-state index in [9.17, 15) is 9.59 Å². The molecule has 0 bridgehead atoms. The van der Waals surface area contributed by atoms with E-state index in [1.54, 1.807) is 13.1 Å². The first-order chi connectivity index (χ1) is 9.91. The number of rotatable bonds is 0. The predicted molar refractivity (Wildman–Crippen MR) is 80.0 cm³/mol. The van der Waals surface area contributed by atoms with Crippen molar-refractivity contribution in [1.82, 2.24) is 19.1 Å². The smallest absolute Gasteiger partial charge is 0.332 e. The monoisotopic (exact) mass is 308 g/mol. The minimum absolute atomic E-state index is 0. The molecule has 0 unspecified atom stereocenters. The standard InChI is InChI=1S/C7H8N4O2.C6H6O2.H2O/c1-10-5-4(8-3-9-5)6(12)11(2)7(10)13;7-5-2-1-3-6(8)4-5;/h3H,1-2H3,(H,8,9);1-4,7-8H;1H2. The van der Waals surface area contributed by atoms with Gasteiger partial charge in [-0.15, -0.1) is 0 Å². The van der Waals surface area contributed by atoms with Crippen LogP contribution in [0.4, 0.5) is 0 Å². The second-order valence-electron chi connectivity index (χ2n) is 4.33. The van der Waals surface area contributed by atoms with Crippen LogP contribution in [0.25, 0.3) is 11.2 Å². The number of aryl methyl sites for hydroxylation is 1. The maximum absolute atomic E-state index is 11.4. The molecule has 0 aliphatic heterocycles. The van der Waals surface area contributed by atoms with Crippen LogP contribution in [0.3, 0.4) is 0 Å². The summed E-state index contributed by atoms with van der Waals surface area (Å²) in [5, 5.41) is 17.3. The van der Waals surface area contributed by atoms with Crippen molar-refractivity contribution in [1.29, 1.82) is 0 Å². The van der Waals surface area contributed by atoms with Crippen LogP contribution >= 0.6 is 0 Å². The fourth-order valence-electron chi connectivity index (χ4n) is 1.76. The zero-order valence-corrected chi connectivity index (χ0v) is 11.9. The molecule has 0 amide bonds. The van der Waals surface area contributed by atoms with Crippen LogP contribution in [0.5, 0.6) is 11.5 Å². The van der Waals surface area contributed by atoms with E-state index in [0.29, 0.717) is 11.2 Å². The van der Waals surface area contributed by atoms with Gasteiger partial charge in [-0.05, 0) is 12.1 Å². The Balaban J connectivity index is 0.000000234. The molecule has 3 aromatic rings. The van der Waals surface area contributed by atoms with E-state index in [1.165, 1.54) is 36.1 Å². The average Bonchev–Trinajstić information content (AvgIpc) is 2.93. The molecule has 0 radical (unpaired) electrons. The molecule has 0 atom stereocenters. The lowest BCUT2D eigenvalue weighted by Crippen LogP contribution is -2.36. The molecule has 22 heavy (non-hydrogen) atoms. The second kappa shape index (κ2) is 6.59. The van der Waals surface area contributed by atoms with Crippen molar-refractivity contribution >= 4 is 11.2 Å². The van der Waals surface area contributed by atoms with E-state index in [0.717, 1.165) is 4.57 Å². The highest BCUT2D eigenvalue weighted by Crippen LogP contribution is 2.14. The Morgan fingerprint density at radius 1 is 1.09 bits per heavy atom. The van der Waals surface area contributed by atoms with Crippen LogP contribution in [-0.2, 0) is 14.1 Å². The molecule has 2 heterocycles. The topological polar surface area (TPSA) is 145 Å². The summed E-state index contributed by atoms with van der Waals surface area (Å²) in [4.78, 5) is 29.4. The Bertz CT molecular complexity index is 876. The highest BCUT2D eigenvalue weighted by atomic mass is 16.3. The van der Waals surface area contributed by atoms with Crippen molar-refractivity contribution in [2.24, 2.45) is 14.1 Å². The van der Waals surface area contributed by atoms with Gasteiger partial charge in [0.1, 0.15) is 17.0 Å². The third-order valence-corrected chi connectivity index (χ3v) is 2.86. The van der Waals surface area contributed by atoms with E-state index in [4.69, 9.17) is 10.2 Å². The van der Waals surface area contributed by atoms with E-state index < -0.39 is 0 Å². The lowest BCUT2D eigenvalue weighted by molar-refractivity contribution is 0.450. The number of benzene rings is 1. The molecular weight excluding hydrogens is 292 g/mol. The van der Waals surface area contributed by atoms with Crippen molar-refractivity contribution in [3.8, 4) is 11.5 Å². The van der Waals surface area contributed by atoms with E-state index in [1.807, 2.05) is 0 Å². The fourth-order valence-corrected chi connectivity index (χ4v) is 1.76. The normalized spacial score (nSPS) is 9.73. The van der Waals surface area contributed by atoms with Gasteiger partial charge >= 0.3 is 5.69 Å². The Morgan fingerprint density at radius 3 is 2.18 bits per heavy atom. The number of hydrogen-bond acceptors (Lipinski definition) is 5. The number of H-pyrrole nitrogens is 1. The SMILES string of the molecule is Cn1c(=O)c2[nH]cnc2n(C)c1=O.O.Oc1cccc(O)c1. The van der Waals surface area contributed by atoms with Crippen LogP contribution in [0.2, 0.25) is 0 Å². The molecule has 0 saturated carbocycles. The largest absolute Gasteiger partial charge is 0.508 e. The molecule has 9 heteroatoms. The zero-order valence-electron chi connectivity index (χ0n) is 11.9. The molecule has 2 aromatic heterocycles. The molecule has 0 fully saturated rings. The summed E-state index contributed by atoms with van der Waals surface area (Å²) in [6.07, 6.45) is 1.39. The highest BCUT2D eigenvalue weighted by Gasteiger charge is 2.08. The molecule has 1 aromatic carbocycles. The first kappa shape index (κ1) is 17.0. The molecule has 0 spiro atoms. The van der Waals surface area contributed by atoms with Gasteiger partial charge in [-0.1, -0.05) is 6.07 Å². The molecular formula is C13H16N4O5. The third-order valence-electron chi connectivity index (χ3n) is 2.86. The quantitative estimate of drug-likeness (QED) is 0.499. The van der Waals surface area contributed by atoms with Crippen LogP contribution in [0, 0.1) is 0 Å². The van der Waals surface area contributed by atoms with Crippen molar-refractivity contribution in [3.63, 3.8) is 0 Å². The molecule has 118 valence electrons. The number of phenolic OH excluding ortho intramolecular Hbond substituents is 2. The summed E-state index contributed by atoms with van der Waals surface area (Å²) < 4.78 is 2.37. The maximum atomic E-state index is 11.4. The van der Waals surface area contributed by atoms with Crippen molar-refractivity contribution in [3.05, 3.63) is 51.4 Å². The first-order valence-electron chi connectivity index (χ1n) is 5.99. The number of aromatic hydroxyl groups is 2. The lowest BCUT2D eigenvalue weighted by Gasteiger charge is -2.00. The summed E-state index contributed by atoms with van der Waals surface area (Å²) in [5.41, 5.74) is 0.0119. The van der Waals surface area contributed by atoms with Gasteiger partial charge in [0.25, 0.3) is 5.56 Å². The van der Waals surface area contributed by atoms with Crippen LogP contribution in [-0.4, -0.2) is 34.8 Å². The van der Waals surface area contributed by atoms with Gasteiger partial charge in [0.05, 0.1) is 6.33 Å². The van der Waals surface area contributed by atoms with Crippen molar-refractivity contribution in [2.45, 2.75) is 0 Å². The van der Waals surface area contributed by atoms with Crippen molar-refractivity contribution in [2.75, 3.05) is 0 Å². The van der Waals surface area contributed by atoms with Crippen LogP contribution < -0.4 is 11.2 Å². The van der Waals surface area contributed by atoms with Crippen LogP contribution in [0.15, 0.2) is 40.2 Å². The van der Waals surface area contributed by atoms with Gasteiger partial charge in [0, 0.05) is 20.2 Å². The Morgan fingerprint density at radius 2 is 1.68 bits per heavy atom. The number of imidazole rings is 1. The zero-order chi connectivity index (χ0) is 15.6. The Labute approximate surface area is 124 Å². The number of aromatic nitrogens is 4. The third kappa shape index (κ3) is 3.15. The first-order valence-corrected chi connectivity index (χ1v) is 5.99. The highest BCUT2D eigenvalue weighted by molar-refractivity contribution is 5.68. The second-order valence-corrected chi connectivity index (χ2v) is 4.33. The van der Waals surface area contributed by atoms with Gasteiger partial charge < -0.3 is 20.7 Å². The Kier molecular flexibility index (Phi) is 5.09. The summed E-state index contributed by atoms with van der Waals surface area (Å²) in [6, 6.07) is 5.85. The summed E-state index contributed by atoms with van der Waals surface area (Å²) in [6.45, 7) is 0. The van der Waals surface area contributed by atoms with Crippen LogP contribution in [0.1, 0.15) is 0 Å². The lowest BCUT2D eigenvalue weighted by atomic mass is 10.3. The van der Waals surface area contributed by atoms with E-state index in [2.05, 4.69) is 9.97 Å². The van der Waals surface area contributed by atoms with Gasteiger partial charge in [-0.2, -0.15) is 0 Å². The minimum atomic E-state index is -0.371. The average molecular weight is 308 g/mol. The van der Waals surface area contributed by atoms with E-state index >= 15 is 0 Å². The fraction of sp³-hybridized carbons (Fsp3) is 0.154. The number of aromatic amines is 1. The molecule has 0 saturated heterocycles. The molecule has 0 aliphatic carbocycles. The summed E-state index contributed by atoms with van der Waals surface area (Å²) in [5.74, 6) is 0.176. The number of hydrogen-bond donors (Lipinski definition) is 3. The summed E-state index contributed by atoms with van der Waals surface area (Å²) in [7, 11) is 3.01. The number of phenols is 2. The predicted octanol–water partition coefficient (Wildman–Crippen LogP) is -0.767. The summed E-state index contributed by atoms with van der Waals surface area (Å²) >= 11 is 0. The Hall–Kier alpha value is -3.07. The number of nitrogens with one attached hydrogen (secondary N) is 1.